The van der Waals surface area contributed by atoms with E-state index >= 15 is 0 Å². The van der Waals surface area contributed by atoms with Crippen LogP contribution in [-0.4, -0.2) is 5.08 Å². The van der Waals surface area contributed by atoms with Gasteiger partial charge >= 0.3 is 0 Å². The topological polar surface area (TPSA) is 14.1 Å². The lowest BCUT2D eigenvalue weighted by molar-refractivity contribution is 1.40. The van der Waals surface area contributed by atoms with Gasteiger partial charge in [-0.3, -0.25) is 0 Å². The molecule has 1 aliphatic rings. The van der Waals surface area contributed by atoms with Crippen molar-refractivity contribution in [2.24, 2.45) is 0 Å². The van der Waals surface area contributed by atoms with Crippen molar-refractivity contribution < 1.29 is 0 Å². The van der Waals surface area contributed by atoms with Gasteiger partial charge in [-0.05, 0) is 17.4 Å². The fourth-order valence-corrected chi connectivity index (χ4v) is 1.38. The minimum absolute atomic E-state index is 1.08. The summed E-state index contributed by atoms with van der Waals surface area (Å²) in [6.07, 6.45) is 1.82. The van der Waals surface area contributed by atoms with Crippen molar-refractivity contribution >= 4 is 23.7 Å². The van der Waals surface area contributed by atoms with Gasteiger partial charge in [0.05, 0.1) is 5.08 Å². The summed E-state index contributed by atoms with van der Waals surface area (Å²) in [6.45, 7) is 0. The summed E-state index contributed by atoms with van der Waals surface area (Å²) in [7, 11) is 0. The molecule has 1 heterocycles. The Labute approximate surface area is 45.7 Å². The summed E-state index contributed by atoms with van der Waals surface area (Å²) in [6, 6.07) is 0. The lowest BCUT2D eigenvalue weighted by Crippen LogP contribution is -1.84. The maximum Gasteiger partial charge on any atom is 0.0653 e. The van der Waals surface area contributed by atoms with Crippen LogP contribution in [0.15, 0.2) is 11.6 Å². The molecule has 0 bridgehead atoms. The van der Waals surface area contributed by atoms with Gasteiger partial charge in [0.25, 0.3) is 0 Å². The van der Waals surface area contributed by atoms with E-state index in [0.717, 1.165) is 5.08 Å². The molecule has 0 spiro atoms. The van der Waals surface area contributed by atoms with E-state index in [4.69, 9.17) is 0 Å². The molecular weight excluding hydrogens is 114 g/mol. The highest BCUT2D eigenvalue weighted by molar-refractivity contribution is 8.17. The third kappa shape index (κ3) is 1.14. The monoisotopic (exact) mass is 118 g/mol. The van der Waals surface area contributed by atoms with Gasteiger partial charge in [-0.1, -0.05) is 0 Å². The van der Waals surface area contributed by atoms with Crippen LogP contribution in [-0.2, 0) is 0 Å². The normalized spacial score (nSPS) is 20.0. The Kier molecular flexibility index (Phi) is 1.77. The van der Waals surface area contributed by atoms with E-state index in [-0.39, 0.29) is 0 Å². The predicted molar refractivity (Wildman–Crippen MR) is 31.3 cm³/mol. The van der Waals surface area contributed by atoms with Crippen molar-refractivity contribution in [2.45, 2.75) is 0 Å². The van der Waals surface area contributed by atoms with Gasteiger partial charge in [-0.2, -0.15) is 0 Å². The summed E-state index contributed by atoms with van der Waals surface area (Å²) >= 11 is 3.38. The van der Waals surface area contributed by atoms with Gasteiger partial charge in [0.15, 0.2) is 0 Å². The van der Waals surface area contributed by atoms with E-state index < -0.39 is 0 Å². The fourth-order valence-electron chi connectivity index (χ4n) is 0.211. The van der Waals surface area contributed by atoms with Crippen LogP contribution in [0.3, 0.4) is 0 Å². The van der Waals surface area contributed by atoms with Crippen molar-refractivity contribution in [1.82, 2.24) is 4.72 Å². The van der Waals surface area contributed by atoms with Gasteiger partial charge in [0.2, 0.25) is 0 Å². The summed E-state index contributed by atoms with van der Waals surface area (Å²) in [5.74, 6) is 0. The van der Waals surface area contributed by atoms with Crippen LogP contribution in [0.25, 0.3) is 0 Å². The van der Waals surface area contributed by atoms with Crippen LogP contribution in [0.4, 0.5) is 0 Å². The Morgan fingerprint density at radius 2 is 2.67 bits per heavy atom. The fraction of sp³-hybridized carbons (Fsp3) is 0.333. The highest BCUT2D eigenvalue weighted by Crippen LogP contribution is 2.15. The largest absolute Gasteiger partial charge is 0.223 e. The van der Waals surface area contributed by atoms with E-state index in [1.54, 1.807) is 23.7 Å². The van der Waals surface area contributed by atoms with Crippen LogP contribution in [0.5, 0.6) is 0 Å². The van der Waals surface area contributed by atoms with E-state index in [2.05, 4.69) is 4.72 Å². The molecule has 0 aromatic heterocycles. The molecular formula is C3H4NS2. The molecule has 0 N–H and O–H groups in total. The molecule has 0 aromatic rings. The third-order valence-electron chi connectivity index (χ3n) is 0.413. The molecule has 0 atom stereocenters. The molecule has 0 amide bonds. The molecule has 0 aliphatic carbocycles. The van der Waals surface area contributed by atoms with Crippen LogP contribution in [0, 0.1) is 0 Å². The van der Waals surface area contributed by atoms with Crippen LogP contribution in [0.1, 0.15) is 0 Å². The summed E-state index contributed by atoms with van der Waals surface area (Å²) in [4.78, 5) is 0. The molecule has 1 radical (unpaired) electrons. The Hall–Kier alpha value is 0.240. The van der Waals surface area contributed by atoms with Gasteiger partial charge in [-0.25, -0.2) is 4.72 Å². The lowest BCUT2D eigenvalue weighted by atomic mass is 11.1. The maximum atomic E-state index is 3.89. The highest BCUT2D eigenvalue weighted by Gasteiger charge is 1.88. The Morgan fingerprint density at radius 3 is 2.83 bits per heavy atom. The molecule has 1 nitrogen and oxygen atoms in total. The maximum absolute atomic E-state index is 3.89. The first-order valence-corrected chi connectivity index (χ1v) is 3.58. The first-order chi connectivity index (χ1) is 3.00. The molecule has 0 saturated heterocycles. The minimum Gasteiger partial charge on any atom is -0.223 e. The third-order valence-corrected chi connectivity index (χ3v) is 1.96. The Morgan fingerprint density at radius 1 is 1.67 bits per heavy atom. The van der Waals surface area contributed by atoms with Crippen molar-refractivity contribution in [1.29, 1.82) is 0 Å². The number of hydrogen-bond donors (Lipinski definition) is 0. The number of hydrogen-bond acceptors (Lipinski definition) is 2. The average molecular weight is 118 g/mol. The van der Waals surface area contributed by atoms with Crippen LogP contribution >= 0.6 is 23.7 Å². The molecule has 1 aliphatic heterocycles. The Bertz CT molecular complexity index is 53.8. The molecule has 0 aromatic carbocycles. The Balaban J connectivity index is 2.26. The number of rotatable bonds is 0. The van der Waals surface area contributed by atoms with Crippen molar-refractivity contribution in [3.63, 3.8) is 0 Å². The second-order valence-electron chi connectivity index (χ2n) is 0.804. The van der Waals surface area contributed by atoms with Crippen molar-refractivity contribution in [3.8, 4) is 0 Å². The van der Waals surface area contributed by atoms with Gasteiger partial charge in [0.1, 0.15) is 0 Å². The predicted octanol–water partition coefficient (Wildman–Crippen LogP) is 1.41. The van der Waals surface area contributed by atoms with Crippen LogP contribution < -0.4 is 4.72 Å². The van der Waals surface area contributed by atoms with E-state index in [0.29, 0.717) is 0 Å². The molecule has 3 heteroatoms. The van der Waals surface area contributed by atoms with E-state index in [1.807, 2.05) is 11.6 Å². The van der Waals surface area contributed by atoms with E-state index in [9.17, 15) is 0 Å². The summed E-state index contributed by atoms with van der Waals surface area (Å²) in [5, 5.41) is 3.08. The number of thioether (sulfide) groups is 1. The molecule has 0 saturated carbocycles. The molecule has 1 rings (SSSR count). The van der Waals surface area contributed by atoms with Gasteiger partial charge in [0, 0.05) is 6.20 Å². The quantitative estimate of drug-likeness (QED) is 0.446. The van der Waals surface area contributed by atoms with Gasteiger partial charge < -0.3 is 0 Å². The first kappa shape index (κ1) is 4.40. The second kappa shape index (κ2) is 2.42. The minimum atomic E-state index is 1.08. The molecule has 6 heavy (non-hydrogen) atoms. The lowest BCUT2D eigenvalue weighted by Gasteiger charge is -1.97. The zero-order chi connectivity index (χ0) is 4.24. The zero-order valence-electron chi connectivity index (χ0n) is 3.13. The zero-order valence-corrected chi connectivity index (χ0v) is 4.76. The molecule has 0 fully saturated rings. The van der Waals surface area contributed by atoms with Crippen molar-refractivity contribution in [3.05, 3.63) is 11.6 Å². The van der Waals surface area contributed by atoms with Crippen molar-refractivity contribution in [2.75, 3.05) is 5.08 Å². The average Bonchev–Trinajstić information content (AvgIpc) is 1.72. The molecule has 0 unspecified atom stereocenters. The molecule has 33 valence electrons. The van der Waals surface area contributed by atoms with E-state index in [1.165, 1.54) is 0 Å². The summed E-state index contributed by atoms with van der Waals surface area (Å²) < 4.78 is 3.89. The van der Waals surface area contributed by atoms with Crippen LogP contribution in [0.2, 0.25) is 0 Å². The van der Waals surface area contributed by atoms with Gasteiger partial charge in [-0.15, -0.1) is 11.8 Å². The summed E-state index contributed by atoms with van der Waals surface area (Å²) in [5.41, 5.74) is 0. The first-order valence-electron chi connectivity index (χ1n) is 1.59. The second-order valence-corrected chi connectivity index (χ2v) is 2.82. The standard InChI is InChI=1S/C3H4NS2/c1-2-5-3-6-4-1/h1-2H,3H2. The SMILES string of the molecule is C1=CSCS[N]1. The highest BCUT2D eigenvalue weighted by atomic mass is 32.2. The number of nitrogens with zero attached hydrogens (tertiary/aromatic N) is 1. The smallest absolute Gasteiger partial charge is 0.0653 e.